The van der Waals surface area contributed by atoms with Crippen molar-refractivity contribution in [1.29, 1.82) is 0 Å². The van der Waals surface area contributed by atoms with E-state index in [-0.39, 0.29) is 17.9 Å². The van der Waals surface area contributed by atoms with Crippen molar-refractivity contribution >= 4 is 15.9 Å². The molecule has 1 atom stereocenters. The van der Waals surface area contributed by atoms with Gasteiger partial charge in [0.25, 0.3) is 0 Å². The fourth-order valence-electron chi connectivity index (χ4n) is 3.98. The zero-order valence-corrected chi connectivity index (χ0v) is 18.9. The number of benzene rings is 1. The van der Waals surface area contributed by atoms with Gasteiger partial charge in [-0.3, -0.25) is 4.98 Å². The average molecular weight is 431 g/mol. The van der Waals surface area contributed by atoms with Gasteiger partial charge in [0.05, 0.1) is 4.90 Å². The van der Waals surface area contributed by atoms with Gasteiger partial charge in [-0.25, -0.2) is 13.2 Å². The summed E-state index contributed by atoms with van der Waals surface area (Å²) in [4.78, 5) is 18.8. The summed E-state index contributed by atoms with van der Waals surface area (Å²) in [5.41, 5.74) is 1.50. The molecule has 0 radical (unpaired) electrons. The number of likely N-dealkylation sites (tertiary alicyclic amines) is 1. The van der Waals surface area contributed by atoms with E-state index in [0.717, 1.165) is 24.0 Å². The average Bonchev–Trinajstić information content (AvgIpc) is 2.68. The lowest BCUT2D eigenvalue weighted by Crippen LogP contribution is -2.42. The third kappa shape index (κ3) is 5.59. The molecule has 0 unspecified atom stereocenters. The molecular weight excluding hydrogens is 400 g/mol. The van der Waals surface area contributed by atoms with Crippen LogP contribution in [0.3, 0.4) is 0 Å². The molecule has 3 rings (SSSR count). The van der Waals surface area contributed by atoms with Gasteiger partial charge in [0, 0.05) is 37.7 Å². The first-order valence-electron chi connectivity index (χ1n) is 10.2. The lowest BCUT2D eigenvalue weighted by atomic mass is 9.76. The molecule has 1 aromatic carbocycles. The van der Waals surface area contributed by atoms with Gasteiger partial charge in [0.2, 0.25) is 0 Å². The summed E-state index contributed by atoms with van der Waals surface area (Å²) in [5, 5.41) is 0. The summed E-state index contributed by atoms with van der Waals surface area (Å²) in [6.07, 6.45) is 6.14. The quantitative estimate of drug-likeness (QED) is 0.724. The van der Waals surface area contributed by atoms with E-state index in [2.05, 4.69) is 4.98 Å². The monoisotopic (exact) mass is 430 g/mol. The van der Waals surface area contributed by atoms with Gasteiger partial charge in [-0.05, 0) is 68.9 Å². The van der Waals surface area contributed by atoms with Crippen LogP contribution >= 0.6 is 0 Å². The van der Waals surface area contributed by atoms with Crippen molar-refractivity contribution in [3.05, 3.63) is 59.9 Å². The lowest BCUT2D eigenvalue weighted by Gasteiger charge is -2.37. The molecule has 0 N–H and O–H groups in total. The molecule has 2 aromatic rings. The molecule has 0 spiro atoms. The molecular formula is C23H30N2O4S. The summed E-state index contributed by atoms with van der Waals surface area (Å²) >= 11 is 0. The minimum Gasteiger partial charge on any atom is -0.444 e. The zero-order valence-electron chi connectivity index (χ0n) is 18.0. The van der Waals surface area contributed by atoms with Crippen molar-refractivity contribution in [3.63, 3.8) is 0 Å². The number of nitrogens with zero attached hydrogens (tertiary/aromatic N) is 2. The van der Waals surface area contributed by atoms with Crippen molar-refractivity contribution in [3.8, 4) is 0 Å². The largest absolute Gasteiger partial charge is 0.444 e. The third-order valence-corrected chi connectivity index (χ3v) is 6.46. The highest BCUT2D eigenvalue weighted by Gasteiger charge is 2.32. The summed E-state index contributed by atoms with van der Waals surface area (Å²) in [7, 11) is -3.29. The second-order valence-electron chi connectivity index (χ2n) is 8.91. The second kappa shape index (κ2) is 8.76. The maximum absolute atomic E-state index is 12.4. The van der Waals surface area contributed by atoms with Crippen molar-refractivity contribution < 1.29 is 17.9 Å². The van der Waals surface area contributed by atoms with Crippen LogP contribution in [0, 0.1) is 5.92 Å². The highest BCUT2D eigenvalue weighted by molar-refractivity contribution is 7.90. The lowest BCUT2D eigenvalue weighted by molar-refractivity contribution is 0.0178. The normalized spacial score (nSPS) is 16.9. The zero-order chi connectivity index (χ0) is 21.9. The molecule has 1 aromatic heterocycles. The second-order valence-corrected chi connectivity index (χ2v) is 10.9. The molecule has 1 amide bonds. The first kappa shape index (κ1) is 22.3. The number of sulfone groups is 1. The van der Waals surface area contributed by atoms with Crippen LogP contribution in [0.2, 0.25) is 0 Å². The Morgan fingerprint density at radius 2 is 1.80 bits per heavy atom. The van der Waals surface area contributed by atoms with Crippen LogP contribution in [0.4, 0.5) is 4.79 Å². The van der Waals surface area contributed by atoms with Crippen LogP contribution in [0.1, 0.15) is 50.7 Å². The molecule has 0 saturated carbocycles. The maximum atomic E-state index is 12.4. The standard InChI is InChI=1S/C23H30N2O4S/c1-23(2,3)29-22(26)25-13-10-17(11-14-25)21(19-8-6-12-24-16-19)18-7-5-9-20(15-18)30(4,27)28/h5-9,12,15-17,21H,10-11,13-14H2,1-4H3/t21-/m0/s1. The number of piperidine rings is 1. The van der Waals surface area contributed by atoms with Crippen LogP contribution in [0.15, 0.2) is 53.7 Å². The number of ether oxygens (including phenoxy) is 1. The third-order valence-electron chi connectivity index (χ3n) is 5.35. The minimum atomic E-state index is -3.29. The predicted octanol–water partition coefficient (Wildman–Crippen LogP) is 4.26. The van der Waals surface area contributed by atoms with Crippen molar-refractivity contribution in [2.75, 3.05) is 19.3 Å². The van der Waals surface area contributed by atoms with E-state index in [0.29, 0.717) is 18.0 Å². The Morgan fingerprint density at radius 1 is 1.13 bits per heavy atom. The predicted molar refractivity (Wildman–Crippen MR) is 116 cm³/mol. The molecule has 1 fully saturated rings. The van der Waals surface area contributed by atoms with Crippen molar-refractivity contribution in [1.82, 2.24) is 9.88 Å². The summed E-state index contributed by atoms with van der Waals surface area (Å²) in [5.74, 6) is 0.281. The van der Waals surface area contributed by atoms with Gasteiger partial charge >= 0.3 is 6.09 Å². The van der Waals surface area contributed by atoms with E-state index < -0.39 is 15.4 Å². The molecule has 1 aliphatic rings. The first-order valence-corrected chi connectivity index (χ1v) is 12.1. The topological polar surface area (TPSA) is 76.6 Å². The summed E-state index contributed by atoms with van der Waals surface area (Å²) < 4.78 is 29.7. The highest BCUT2D eigenvalue weighted by Crippen LogP contribution is 2.38. The van der Waals surface area contributed by atoms with E-state index in [4.69, 9.17) is 4.74 Å². The fourth-order valence-corrected chi connectivity index (χ4v) is 4.65. The Balaban J connectivity index is 1.85. The Bertz CT molecular complexity index is 976. The molecule has 1 saturated heterocycles. The van der Waals surface area contributed by atoms with E-state index in [1.165, 1.54) is 6.26 Å². The molecule has 162 valence electrons. The number of rotatable bonds is 4. The van der Waals surface area contributed by atoms with Crippen molar-refractivity contribution in [2.24, 2.45) is 5.92 Å². The van der Waals surface area contributed by atoms with Crippen LogP contribution in [0.25, 0.3) is 0 Å². The minimum absolute atomic E-state index is 0.0150. The van der Waals surface area contributed by atoms with Crippen molar-refractivity contribution in [2.45, 2.75) is 50.0 Å². The van der Waals surface area contributed by atoms with Crippen LogP contribution in [-0.2, 0) is 14.6 Å². The molecule has 0 bridgehead atoms. The fraction of sp³-hybridized carbons (Fsp3) is 0.478. The van der Waals surface area contributed by atoms with Gasteiger partial charge in [0.1, 0.15) is 5.60 Å². The molecule has 2 heterocycles. The Morgan fingerprint density at radius 3 is 2.37 bits per heavy atom. The SMILES string of the molecule is CC(C)(C)OC(=O)N1CCC([C@H](c2cccnc2)c2cccc(S(C)(=O)=O)c2)CC1. The van der Waals surface area contributed by atoms with E-state index >= 15 is 0 Å². The van der Waals surface area contributed by atoms with Crippen LogP contribution < -0.4 is 0 Å². The van der Waals surface area contributed by atoms with Gasteiger partial charge in [0.15, 0.2) is 9.84 Å². The molecule has 6 nitrogen and oxygen atoms in total. The van der Waals surface area contributed by atoms with Crippen LogP contribution in [-0.4, -0.2) is 49.3 Å². The summed E-state index contributed by atoms with van der Waals surface area (Å²) in [6.45, 7) is 6.82. The maximum Gasteiger partial charge on any atom is 0.410 e. The number of hydrogen-bond donors (Lipinski definition) is 0. The summed E-state index contributed by atoms with van der Waals surface area (Å²) in [6, 6.07) is 11.1. The highest BCUT2D eigenvalue weighted by atomic mass is 32.2. The number of carbonyl (C=O) groups excluding carboxylic acids is 1. The number of carbonyl (C=O) groups is 1. The Kier molecular flexibility index (Phi) is 6.50. The number of hydrogen-bond acceptors (Lipinski definition) is 5. The first-order chi connectivity index (χ1) is 14.0. The van der Waals surface area contributed by atoms with Gasteiger partial charge < -0.3 is 9.64 Å². The van der Waals surface area contributed by atoms with E-state index in [9.17, 15) is 13.2 Å². The van der Waals surface area contributed by atoms with E-state index in [1.54, 1.807) is 29.3 Å². The van der Waals surface area contributed by atoms with Crippen LogP contribution in [0.5, 0.6) is 0 Å². The van der Waals surface area contributed by atoms with Gasteiger partial charge in [-0.1, -0.05) is 18.2 Å². The Labute approximate surface area is 179 Å². The van der Waals surface area contributed by atoms with E-state index in [1.807, 2.05) is 45.2 Å². The molecule has 1 aliphatic heterocycles. The number of pyridine rings is 1. The molecule has 0 aliphatic carbocycles. The van der Waals surface area contributed by atoms with Gasteiger partial charge in [-0.15, -0.1) is 0 Å². The Hall–Kier alpha value is -2.41. The van der Waals surface area contributed by atoms with Gasteiger partial charge in [-0.2, -0.15) is 0 Å². The molecule has 30 heavy (non-hydrogen) atoms. The number of aromatic nitrogens is 1. The smallest absolute Gasteiger partial charge is 0.410 e. The number of amides is 1. The molecule has 7 heteroatoms.